The lowest BCUT2D eigenvalue weighted by molar-refractivity contribution is -0.128. The number of carbonyl (C=O) groups excluding carboxylic acids is 2. The third-order valence-electron chi connectivity index (χ3n) is 8.22. The van der Waals surface area contributed by atoms with E-state index in [9.17, 15) is 14.7 Å². The maximum absolute atomic E-state index is 13.4. The summed E-state index contributed by atoms with van der Waals surface area (Å²) in [6, 6.07) is 14.6. The number of aliphatic hydroxyl groups is 1. The van der Waals surface area contributed by atoms with Gasteiger partial charge in [-0.25, -0.2) is 4.98 Å². The molecular weight excluding hydrogens is 540 g/mol. The molecule has 3 heterocycles. The Balaban J connectivity index is 1.14. The number of pyridine rings is 1. The summed E-state index contributed by atoms with van der Waals surface area (Å²) in [5.74, 6) is 0.495. The molecule has 1 saturated carbocycles. The molecule has 2 atom stereocenters. The molecule has 41 heavy (non-hydrogen) atoms. The van der Waals surface area contributed by atoms with Crippen LogP contribution in [0.25, 0.3) is 22.2 Å². The highest BCUT2D eigenvalue weighted by molar-refractivity contribution is 6.35. The van der Waals surface area contributed by atoms with Gasteiger partial charge < -0.3 is 20.6 Å². The number of halogens is 1. The highest BCUT2D eigenvalue weighted by atomic mass is 35.5. The van der Waals surface area contributed by atoms with Gasteiger partial charge in [0.2, 0.25) is 0 Å². The van der Waals surface area contributed by atoms with Crippen molar-refractivity contribution in [1.29, 1.82) is 0 Å². The Labute approximate surface area is 243 Å². The van der Waals surface area contributed by atoms with Crippen molar-refractivity contribution in [3.63, 3.8) is 0 Å². The summed E-state index contributed by atoms with van der Waals surface area (Å²) in [6.45, 7) is 3.55. The second kappa shape index (κ2) is 11.0. The van der Waals surface area contributed by atoms with Gasteiger partial charge in [0.1, 0.15) is 5.70 Å². The molecule has 3 N–H and O–H groups in total. The van der Waals surface area contributed by atoms with E-state index in [2.05, 4.69) is 10.2 Å². The Hall–Kier alpha value is -3.66. The van der Waals surface area contributed by atoms with Gasteiger partial charge >= 0.3 is 0 Å². The van der Waals surface area contributed by atoms with Gasteiger partial charge in [0.05, 0.1) is 27.9 Å². The van der Waals surface area contributed by atoms with Gasteiger partial charge in [0.25, 0.3) is 11.8 Å². The average Bonchev–Trinajstić information content (AvgIpc) is 3.69. The van der Waals surface area contributed by atoms with Crippen LogP contribution in [0.3, 0.4) is 0 Å². The lowest BCUT2D eigenvalue weighted by Crippen LogP contribution is -2.50. The topological polar surface area (TPSA) is 124 Å². The molecule has 3 aliphatic rings. The van der Waals surface area contributed by atoms with Crippen LogP contribution >= 0.6 is 11.6 Å². The summed E-state index contributed by atoms with van der Waals surface area (Å²) in [4.78, 5) is 34.7. The SMILES string of the molecule is CC(O)(CN)c1ccc(-c2cc(Cl)c3ccc(C(=O)N4CCN(C(=O)C5=CC(CC6CC6)N=N5)CC4)cc3n2)cc1. The van der Waals surface area contributed by atoms with Crippen LogP contribution < -0.4 is 5.73 Å². The normalized spacial score (nSPS) is 20.3. The fourth-order valence-corrected chi connectivity index (χ4v) is 5.61. The largest absolute Gasteiger partial charge is 0.384 e. The number of rotatable bonds is 7. The summed E-state index contributed by atoms with van der Waals surface area (Å²) in [5, 5.41) is 20.1. The van der Waals surface area contributed by atoms with Crippen LogP contribution in [-0.2, 0) is 10.4 Å². The van der Waals surface area contributed by atoms with Crippen LogP contribution in [0, 0.1) is 5.92 Å². The Morgan fingerprint density at radius 1 is 1.02 bits per heavy atom. The zero-order valence-corrected chi connectivity index (χ0v) is 23.7. The highest BCUT2D eigenvalue weighted by Gasteiger charge is 2.31. The Bertz CT molecular complexity index is 1560. The number of carbonyl (C=O) groups is 2. The van der Waals surface area contributed by atoms with Crippen molar-refractivity contribution in [1.82, 2.24) is 14.8 Å². The third-order valence-corrected chi connectivity index (χ3v) is 8.53. The maximum atomic E-state index is 13.4. The molecule has 2 unspecified atom stereocenters. The number of hydrogen-bond acceptors (Lipinski definition) is 7. The van der Waals surface area contributed by atoms with Crippen LogP contribution in [0.1, 0.15) is 42.1 Å². The number of benzene rings is 2. The quantitative estimate of drug-likeness (QED) is 0.430. The first-order valence-electron chi connectivity index (χ1n) is 14.1. The van der Waals surface area contributed by atoms with Gasteiger partial charge in [0, 0.05) is 49.2 Å². The van der Waals surface area contributed by atoms with Crippen molar-refractivity contribution in [3.8, 4) is 11.3 Å². The van der Waals surface area contributed by atoms with E-state index < -0.39 is 5.60 Å². The molecule has 3 aromatic rings. The van der Waals surface area contributed by atoms with E-state index in [1.54, 1.807) is 34.9 Å². The molecule has 2 aliphatic heterocycles. The van der Waals surface area contributed by atoms with E-state index in [0.29, 0.717) is 59.2 Å². The van der Waals surface area contributed by atoms with E-state index in [1.807, 2.05) is 36.4 Å². The number of piperazine rings is 1. The van der Waals surface area contributed by atoms with Crippen LogP contribution in [0.5, 0.6) is 0 Å². The zero-order chi connectivity index (χ0) is 28.7. The first-order chi connectivity index (χ1) is 19.7. The number of amides is 2. The summed E-state index contributed by atoms with van der Waals surface area (Å²) >= 11 is 6.61. The Morgan fingerprint density at radius 3 is 2.37 bits per heavy atom. The maximum Gasteiger partial charge on any atom is 0.274 e. The van der Waals surface area contributed by atoms with E-state index in [0.717, 1.165) is 23.3 Å². The molecule has 1 aliphatic carbocycles. The predicted molar refractivity (Wildman–Crippen MR) is 157 cm³/mol. The molecule has 2 fully saturated rings. The fraction of sp³-hybridized carbons (Fsp3) is 0.387. The number of aromatic nitrogens is 1. The van der Waals surface area contributed by atoms with Gasteiger partial charge in [-0.2, -0.15) is 5.11 Å². The summed E-state index contributed by atoms with van der Waals surface area (Å²) in [7, 11) is 0. The van der Waals surface area contributed by atoms with E-state index in [1.165, 1.54) is 12.8 Å². The van der Waals surface area contributed by atoms with Gasteiger partial charge in [-0.1, -0.05) is 54.8 Å². The minimum Gasteiger partial charge on any atom is -0.384 e. The molecular formula is C31H33ClN6O3. The van der Waals surface area contributed by atoms with Crippen molar-refractivity contribution >= 4 is 34.3 Å². The smallest absolute Gasteiger partial charge is 0.274 e. The van der Waals surface area contributed by atoms with Crippen LogP contribution in [0.2, 0.25) is 5.02 Å². The van der Waals surface area contributed by atoms with Gasteiger partial charge in [0.15, 0.2) is 0 Å². The number of fused-ring (bicyclic) bond motifs is 1. The standard InChI is InChI=1S/C31H33ClN6O3/c1-31(41,18-33)22-7-4-20(5-8-22)26-17-25(32)24-9-6-21(15-27(24)34-26)29(39)37-10-12-38(13-11-37)30(40)28-16-23(35-36-28)14-19-2-3-19/h4-9,15-17,19,23,41H,2-3,10-14,18,33H2,1H3. The molecule has 0 radical (unpaired) electrons. The molecule has 1 saturated heterocycles. The molecule has 2 amide bonds. The average molecular weight is 573 g/mol. The third kappa shape index (κ3) is 5.75. The van der Waals surface area contributed by atoms with Crippen LogP contribution in [-0.4, -0.2) is 70.5 Å². The first-order valence-corrected chi connectivity index (χ1v) is 14.4. The summed E-state index contributed by atoms with van der Waals surface area (Å²) < 4.78 is 0. The number of hydrogen-bond donors (Lipinski definition) is 2. The lowest BCUT2D eigenvalue weighted by atomic mass is 9.94. The molecule has 0 bridgehead atoms. The molecule has 10 heteroatoms. The second-order valence-electron chi connectivity index (χ2n) is 11.4. The highest BCUT2D eigenvalue weighted by Crippen LogP contribution is 2.36. The molecule has 2 aromatic carbocycles. The molecule has 0 spiro atoms. The zero-order valence-electron chi connectivity index (χ0n) is 23.0. The number of nitrogens with zero attached hydrogens (tertiary/aromatic N) is 5. The van der Waals surface area contributed by atoms with E-state index in [-0.39, 0.29) is 24.4 Å². The number of azo groups is 1. The number of nitrogens with two attached hydrogens (primary N) is 1. The van der Waals surface area contributed by atoms with Crippen LogP contribution in [0.4, 0.5) is 0 Å². The monoisotopic (exact) mass is 572 g/mol. The Morgan fingerprint density at radius 2 is 1.71 bits per heavy atom. The minimum atomic E-state index is -1.11. The molecule has 9 nitrogen and oxygen atoms in total. The van der Waals surface area contributed by atoms with Crippen molar-refractivity contribution in [2.75, 3.05) is 32.7 Å². The van der Waals surface area contributed by atoms with Gasteiger partial charge in [-0.15, -0.1) is 5.11 Å². The van der Waals surface area contributed by atoms with Crippen molar-refractivity contribution in [2.24, 2.45) is 21.9 Å². The molecule has 1 aromatic heterocycles. The lowest BCUT2D eigenvalue weighted by Gasteiger charge is -2.34. The second-order valence-corrected chi connectivity index (χ2v) is 11.8. The summed E-state index contributed by atoms with van der Waals surface area (Å²) in [5.41, 5.74) is 8.34. The predicted octanol–water partition coefficient (Wildman–Crippen LogP) is 4.52. The Kier molecular flexibility index (Phi) is 7.36. The van der Waals surface area contributed by atoms with Crippen molar-refractivity contribution in [3.05, 3.63) is 76.5 Å². The van der Waals surface area contributed by atoms with E-state index in [4.69, 9.17) is 22.3 Å². The van der Waals surface area contributed by atoms with Gasteiger partial charge in [-0.05, 0) is 49.1 Å². The fourth-order valence-electron chi connectivity index (χ4n) is 5.35. The minimum absolute atomic E-state index is 0.0201. The first kappa shape index (κ1) is 27.5. The van der Waals surface area contributed by atoms with Crippen molar-refractivity contribution in [2.45, 2.75) is 37.8 Å². The summed E-state index contributed by atoms with van der Waals surface area (Å²) in [6.07, 6.45) is 5.35. The van der Waals surface area contributed by atoms with E-state index >= 15 is 0 Å². The van der Waals surface area contributed by atoms with Crippen LogP contribution in [0.15, 0.2) is 70.5 Å². The molecule has 212 valence electrons. The molecule has 6 rings (SSSR count). The van der Waals surface area contributed by atoms with Crippen molar-refractivity contribution < 1.29 is 14.7 Å². The van der Waals surface area contributed by atoms with Gasteiger partial charge in [-0.3, -0.25) is 9.59 Å².